The molecule has 0 unspecified atom stereocenters. The molecule has 2 aromatic rings. The SMILES string of the molecule is CN[C@@H](C)C(=O)N[C@H](C(=O)N1C[C@@H](OCCC(=O)N2CCN(C(=O)CCO[C@H]3C[C@@H](C(=O)N[C@@H]4CCCc5ccccc54)N(C(=O)[C@@H](NC(=O)[C@H](C)NC)C(C)(C)C)C3)CC2)C[C@H]1C(=O)N[C@@H]1CCCc2ccccc21)C(C)(C)C. The summed E-state index contributed by atoms with van der Waals surface area (Å²) in [7, 11) is 3.34. The number of nitrogens with zero attached hydrogens (tertiary/aromatic N) is 4. The number of likely N-dealkylation sites (tertiary alicyclic amines) is 2. The highest BCUT2D eigenvalue weighted by molar-refractivity contribution is 5.95. The summed E-state index contributed by atoms with van der Waals surface area (Å²) in [4.78, 5) is 118. The second-order valence-corrected chi connectivity index (χ2v) is 24.7. The van der Waals surface area contributed by atoms with Crippen molar-refractivity contribution in [3.63, 3.8) is 0 Å². The first kappa shape index (κ1) is 61.7. The van der Waals surface area contributed by atoms with Crippen LogP contribution in [-0.2, 0) is 60.7 Å². The van der Waals surface area contributed by atoms with Crippen LogP contribution in [0.3, 0.4) is 0 Å². The monoisotopic (exact) mass is 1110 g/mol. The normalized spacial score (nSPS) is 23.7. The van der Waals surface area contributed by atoms with Gasteiger partial charge in [-0.1, -0.05) is 90.1 Å². The lowest BCUT2D eigenvalue weighted by Gasteiger charge is -2.36. The molecular formula is C60H90N10O10. The summed E-state index contributed by atoms with van der Waals surface area (Å²) < 4.78 is 12.6. The molecule has 7 rings (SSSR count). The number of aryl methyl sites for hydroxylation is 2. The van der Waals surface area contributed by atoms with Crippen molar-refractivity contribution in [3.8, 4) is 0 Å². The maximum atomic E-state index is 14.5. The summed E-state index contributed by atoms with van der Waals surface area (Å²) in [6.45, 7) is 16.3. The average molecular weight is 1110 g/mol. The Morgan fingerprint density at radius 1 is 0.562 bits per heavy atom. The maximum Gasteiger partial charge on any atom is 0.246 e. The van der Waals surface area contributed by atoms with Crippen molar-refractivity contribution >= 4 is 47.3 Å². The summed E-state index contributed by atoms with van der Waals surface area (Å²) in [5.74, 6) is -2.27. The number of amides is 8. The number of rotatable bonds is 20. The van der Waals surface area contributed by atoms with Gasteiger partial charge in [0, 0.05) is 52.1 Å². The van der Waals surface area contributed by atoms with Gasteiger partial charge >= 0.3 is 0 Å². The van der Waals surface area contributed by atoms with Gasteiger partial charge in [0.05, 0.1) is 62.4 Å². The van der Waals surface area contributed by atoms with E-state index in [4.69, 9.17) is 9.47 Å². The van der Waals surface area contributed by atoms with Gasteiger partial charge in [0.25, 0.3) is 0 Å². The van der Waals surface area contributed by atoms with Crippen LogP contribution in [0.15, 0.2) is 48.5 Å². The van der Waals surface area contributed by atoms with Gasteiger partial charge in [-0.3, -0.25) is 38.4 Å². The summed E-state index contributed by atoms with van der Waals surface area (Å²) in [5.41, 5.74) is 3.17. The lowest BCUT2D eigenvalue weighted by molar-refractivity contribution is -0.144. The molecule has 3 fully saturated rings. The first-order valence-electron chi connectivity index (χ1n) is 29.1. The Morgan fingerprint density at radius 2 is 0.925 bits per heavy atom. The lowest BCUT2D eigenvalue weighted by Crippen LogP contribution is -2.59. The Balaban J connectivity index is 0.913. The van der Waals surface area contributed by atoms with Crippen LogP contribution in [0.4, 0.5) is 0 Å². The van der Waals surface area contributed by atoms with E-state index in [9.17, 15) is 38.4 Å². The Labute approximate surface area is 473 Å². The first-order valence-corrected chi connectivity index (χ1v) is 29.1. The van der Waals surface area contributed by atoms with Gasteiger partial charge in [0.15, 0.2) is 0 Å². The van der Waals surface area contributed by atoms with E-state index in [0.717, 1.165) is 49.7 Å². The molecule has 0 saturated carbocycles. The minimum absolute atomic E-state index is 0.0633. The predicted molar refractivity (Wildman–Crippen MR) is 302 cm³/mol. The van der Waals surface area contributed by atoms with Gasteiger partial charge in [-0.15, -0.1) is 0 Å². The predicted octanol–water partition coefficient (Wildman–Crippen LogP) is 3.07. The molecule has 0 spiro atoms. The van der Waals surface area contributed by atoms with Crippen LogP contribution in [0.5, 0.6) is 0 Å². The highest BCUT2D eigenvalue weighted by Crippen LogP contribution is 2.34. The molecule has 3 heterocycles. The Hall–Kier alpha value is -5.96. The fourth-order valence-corrected chi connectivity index (χ4v) is 11.7. The quantitative estimate of drug-likeness (QED) is 0.112. The second kappa shape index (κ2) is 27.2. The van der Waals surface area contributed by atoms with Crippen LogP contribution in [0.1, 0.15) is 141 Å². The van der Waals surface area contributed by atoms with Gasteiger partial charge in [0.2, 0.25) is 47.3 Å². The Bertz CT molecular complexity index is 2370. The molecule has 0 aromatic heterocycles. The molecule has 2 aromatic carbocycles. The average Bonchev–Trinajstić information content (AvgIpc) is 4.09. The highest BCUT2D eigenvalue weighted by Gasteiger charge is 2.48. The van der Waals surface area contributed by atoms with Gasteiger partial charge in [-0.25, -0.2) is 0 Å². The van der Waals surface area contributed by atoms with Gasteiger partial charge in [-0.2, -0.15) is 0 Å². The number of ether oxygens (including phenoxy) is 2. The zero-order valence-corrected chi connectivity index (χ0v) is 49.0. The maximum absolute atomic E-state index is 14.5. The number of hydrogen-bond donors (Lipinski definition) is 6. The number of carbonyl (C=O) groups is 8. The van der Waals surface area contributed by atoms with Crippen molar-refractivity contribution < 1.29 is 47.8 Å². The summed E-state index contributed by atoms with van der Waals surface area (Å²) in [5, 5.41) is 18.2. The molecule has 8 amide bonds. The van der Waals surface area contributed by atoms with Crippen LogP contribution < -0.4 is 31.9 Å². The van der Waals surface area contributed by atoms with Crippen molar-refractivity contribution in [3.05, 3.63) is 70.8 Å². The smallest absolute Gasteiger partial charge is 0.246 e. The van der Waals surface area contributed by atoms with Crippen molar-refractivity contribution in [2.24, 2.45) is 10.8 Å². The van der Waals surface area contributed by atoms with Crippen molar-refractivity contribution in [1.82, 2.24) is 51.5 Å². The topological polar surface area (TPSA) is 240 Å². The molecule has 440 valence electrons. The number of nitrogens with one attached hydrogen (secondary N) is 6. The minimum Gasteiger partial charge on any atom is -0.376 e. The van der Waals surface area contributed by atoms with Gasteiger partial charge in [-0.05, 0) is 99.6 Å². The van der Waals surface area contributed by atoms with Crippen LogP contribution >= 0.6 is 0 Å². The third-order valence-corrected chi connectivity index (χ3v) is 16.8. The summed E-state index contributed by atoms with van der Waals surface area (Å²) in [6.07, 6.45) is 4.74. The van der Waals surface area contributed by atoms with E-state index in [0.29, 0.717) is 26.2 Å². The fourth-order valence-electron chi connectivity index (χ4n) is 11.7. The number of likely N-dealkylation sites (N-methyl/N-ethyl adjacent to an activating group) is 2. The summed E-state index contributed by atoms with van der Waals surface area (Å²) >= 11 is 0. The number of fused-ring (bicyclic) bond motifs is 2. The molecule has 2 aliphatic carbocycles. The second-order valence-electron chi connectivity index (χ2n) is 24.7. The van der Waals surface area contributed by atoms with Crippen molar-refractivity contribution in [2.75, 3.05) is 66.6 Å². The van der Waals surface area contributed by atoms with Gasteiger partial charge < -0.3 is 61.0 Å². The molecule has 6 N–H and O–H groups in total. The van der Waals surface area contributed by atoms with E-state index >= 15 is 0 Å². The standard InChI is InChI=1S/C60H90N10O10/c1-37(61-9)53(73)65-51(59(3,4)5)57(77)69-35-41(33-47(69)55(75)63-45-23-15-19-39-17-11-13-21-43(39)45)79-31-25-49(71)67-27-29-68(30-28-67)50(72)26-32-80-42-34-48(56(76)64-46-24-16-20-40-18-12-14-22-44(40)46)70(36-42)58(78)52(60(6,7)8)66-54(74)38(2)62-10/h11-14,17-18,21-22,37-38,41-42,45-48,51-52,61-62H,15-16,19-20,23-36H2,1-10H3,(H,63,75)(H,64,76)(H,65,73)(H,66,74)/t37-,38-,41-,42-,45+,46+,47-,48-,51+,52+/m0/s1. The molecule has 5 aliphatic rings. The number of carbonyl (C=O) groups excluding carboxylic acids is 8. The van der Waals surface area contributed by atoms with E-state index in [1.165, 1.54) is 20.9 Å². The molecule has 80 heavy (non-hydrogen) atoms. The summed E-state index contributed by atoms with van der Waals surface area (Å²) in [6, 6.07) is 11.1. The van der Waals surface area contributed by atoms with Crippen molar-refractivity contribution in [1.29, 1.82) is 0 Å². The molecular weight excluding hydrogens is 1020 g/mol. The minimum atomic E-state index is -0.926. The Kier molecular flexibility index (Phi) is 21.0. The van der Waals surface area contributed by atoms with Crippen LogP contribution in [-0.4, -0.2) is 182 Å². The molecule has 3 saturated heterocycles. The van der Waals surface area contributed by atoms with E-state index in [-0.39, 0.29) is 111 Å². The van der Waals surface area contributed by atoms with Gasteiger partial charge in [0.1, 0.15) is 24.2 Å². The zero-order chi connectivity index (χ0) is 58.1. The molecule has 3 aliphatic heterocycles. The Morgan fingerprint density at radius 3 is 1.27 bits per heavy atom. The molecule has 0 bridgehead atoms. The van der Waals surface area contributed by atoms with Crippen LogP contribution in [0.25, 0.3) is 0 Å². The third-order valence-electron chi connectivity index (χ3n) is 16.8. The first-order chi connectivity index (χ1) is 38.0. The van der Waals surface area contributed by atoms with E-state index in [2.05, 4.69) is 44.0 Å². The number of piperazine rings is 1. The third kappa shape index (κ3) is 15.3. The molecule has 10 atom stereocenters. The largest absolute Gasteiger partial charge is 0.376 e. The molecule has 0 radical (unpaired) electrons. The van der Waals surface area contributed by atoms with Crippen LogP contribution in [0, 0.1) is 10.8 Å². The fraction of sp³-hybridized carbons (Fsp3) is 0.667. The van der Waals surface area contributed by atoms with E-state index in [1.807, 2.05) is 77.9 Å². The highest BCUT2D eigenvalue weighted by atomic mass is 16.5. The molecule has 20 nitrogen and oxygen atoms in total. The molecule has 20 heteroatoms. The lowest BCUT2D eigenvalue weighted by atomic mass is 9.85. The van der Waals surface area contributed by atoms with Crippen molar-refractivity contribution in [2.45, 2.75) is 180 Å². The van der Waals surface area contributed by atoms with E-state index < -0.39 is 59.3 Å². The van der Waals surface area contributed by atoms with E-state index in [1.54, 1.807) is 37.7 Å². The number of hydrogen-bond acceptors (Lipinski definition) is 12. The zero-order valence-electron chi connectivity index (χ0n) is 49.0. The number of benzene rings is 2. The van der Waals surface area contributed by atoms with Crippen LogP contribution in [0.2, 0.25) is 0 Å².